The molecule has 0 aliphatic carbocycles. The van der Waals surface area contributed by atoms with Crippen LogP contribution in [-0.4, -0.2) is 56.6 Å². The minimum Gasteiger partial charge on any atom is -0.472 e. The first-order valence-corrected chi connectivity index (χ1v) is 7.33. The molecule has 0 amide bonds. The molecular weight excluding hydrogens is 238 g/mol. The van der Waals surface area contributed by atoms with Crippen molar-refractivity contribution < 1.29 is 4.42 Å². The van der Waals surface area contributed by atoms with E-state index in [1.165, 1.54) is 38.0 Å². The van der Waals surface area contributed by atoms with E-state index in [0.717, 1.165) is 25.6 Å². The zero-order valence-electron chi connectivity index (χ0n) is 12.3. The van der Waals surface area contributed by atoms with Crippen LogP contribution in [0.5, 0.6) is 0 Å². The lowest BCUT2D eigenvalue weighted by molar-refractivity contribution is 0.176. The van der Waals surface area contributed by atoms with Crippen LogP contribution in [0.15, 0.2) is 23.0 Å². The van der Waals surface area contributed by atoms with Crippen molar-refractivity contribution >= 4 is 0 Å². The molecule has 0 saturated carbocycles. The van der Waals surface area contributed by atoms with Gasteiger partial charge in [0.15, 0.2) is 0 Å². The fourth-order valence-corrected chi connectivity index (χ4v) is 2.67. The standard InChI is InChI=1S/C15H27N3O/c1-17-7-3-14(4-8-17)12-18(2)9-6-16-11-15-5-10-19-13-15/h5,10,13-14,16H,3-4,6-9,11-12H2,1-2H3. The lowest BCUT2D eigenvalue weighted by Crippen LogP contribution is -2.37. The molecule has 1 aromatic heterocycles. The first kappa shape index (κ1) is 14.6. The van der Waals surface area contributed by atoms with E-state index >= 15 is 0 Å². The average Bonchev–Trinajstić information content (AvgIpc) is 2.91. The summed E-state index contributed by atoms with van der Waals surface area (Å²) in [5.74, 6) is 0.884. The van der Waals surface area contributed by atoms with E-state index in [4.69, 9.17) is 4.42 Å². The first-order valence-electron chi connectivity index (χ1n) is 7.33. The van der Waals surface area contributed by atoms with Crippen LogP contribution < -0.4 is 5.32 Å². The predicted octanol–water partition coefficient (Wildman–Crippen LogP) is 1.64. The van der Waals surface area contributed by atoms with Gasteiger partial charge in [0.25, 0.3) is 0 Å². The first-order chi connectivity index (χ1) is 9.24. The highest BCUT2D eigenvalue weighted by molar-refractivity contribution is 5.04. The van der Waals surface area contributed by atoms with Crippen molar-refractivity contribution in [3.8, 4) is 0 Å². The number of rotatable bonds is 7. The van der Waals surface area contributed by atoms with Gasteiger partial charge in [-0.3, -0.25) is 0 Å². The Morgan fingerprint density at radius 1 is 1.42 bits per heavy atom. The van der Waals surface area contributed by atoms with Gasteiger partial charge in [-0.05, 0) is 52.0 Å². The van der Waals surface area contributed by atoms with E-state index < -0.39 is 0 Å². The maximum atomic E-state index is 5.05. The number of hydrogen-bond acceptors (Lipinski definition) is 4. The Kier molecular flexibility index (Phi) is 5.89. The van der Waals surface area contributed by atoms with Gasteiger partial charge in [-0.1, -0.05) is 0 Å². The smallest absolute Gasteiger partial charge is 0.0947 e. The van der Waals surface area contributed by atoms with Crippen molar-refractivity contribution in [3.63, 3.8) is 0 Å². The SMILES string of the molecule is CN1CCC(CN(C)CCNCc2ccoc2)CC1. The Hall–Kier alpha value is -0.840. The average molecular weight is 265 g/mol. The lowest BCUT2D eigenvalue weighted by Gasteiger charge is -2.31. The third kappa shape index (κ3) is 5.35. The van der Waals surface area contributed by atoms with Crippen molar-refractivity contribution in [2.45, 2.75) is 19.4 Å². The van der Waals surface area contributed by atoms with Crippen LogP contribution in [0.1, 0.15) is 18.4 Å². The van der Waals surface area contributed by atoms with Gasteiger partial charge in [-0.15, -0.1) is 0 Å². The number of likely N-dealkylation sites (N-methyl/N-ethyl adjacent to an activating group) is 1. The molecular formula is C15H27N3O. The molecule has 1 fully saturated rings. The number of furan rings is 1. The third-order valence-electron chi connectivity index (χ3n) is 3.99. The summed E-state index contributed by atoms with van der Waals surface area (Å²) in [5, 5.41) is 3.45. The number of nitrogens with one attached hydrogen (secondary N) is 1. The Labute approximate surface area is 116 Å². The summed E-state index contributed by atoms with van der Waals surface area (Å²) in [6.45, 7) is 6.81. The number of piperidine rings is 1. The fraction of sp³-hybridized carbons (Fsp3) is 0.733. The summed E-state index contributed by atoms with van der Waals surface area (Å²) in [4.78, 5) is 4.89. The molecule has 1 aliphatic rings. The van der Waals surface area contributed by atoms with Gasteiger partial charge >= 0.3 is 0 Å². The number of likely N-dealkylation sites (tertiary alicyclic amines) is 1. The minimum absolute atomic E-state index is 0.884. The summed E-state index contributed by atoms with van der Waals surface area (Å²) in [6.07, 6.45) is 6.23. The van der Waals surface area contributed by atoms with Crippen molar-refractivity contribution in [1.82, 2.24) is 15.1 Å². The molecule has 2 heterocycles. The molecule has 0 radical (unpaired) electrons. The summed E-state index contributed by atoms with van der Waals surface area (Å²) < 4.78 is 5.05. The Bertz CT molecular complexity index is 331. The molecule has 0 unspecified atom stereocenters. The van der Waals surface area contributed by atoms with Gasteiger partial charge < -0.3 is 19.5 Å². The van der Waals surface area contributed by atoms with Gasteiger partial charge in [0.1, 0.15) is 0 Å². The van der Waals surface area contributed by atoms with Crippen molar-refractivity contribution in [2.75, 3.05) is 46.8 Å². The van der Waals surface area contributed by atoms with E-state index in [9.17, 15) is 0 Å². The van der Waals surface area contributed by atoms with Crippen LogP contribution in [0.25, 0.3) is 0 Å². The molecule has 108 valence electrons. The Morgan fingerprint density at radius 2 is 2.21 bits per heavy atom. The van der Waals surface area contributed by atoms with Crippen LogP contribution in [0.4, 0.5) is 0 Å². The topological polar surface area (TPSA) is 31.6 Å². The quantitative estimate of drug-likeness (QED) is 0.760. The number of nitrogens with zero attached hydrogens (tertiary/aromatic N) is 2. The normalized spacial score (nSPS) is 18.3. The van der Waals surface area contributed by atoms with Crippen LogP contribution in [0, 0.1) is 5.92 Å². The maximum absolute atomic E-state index is 5.05. The van der Waals surface area contributed by atoms with E-state index in [2.05, 4.69) is 29.2 Å². The molecule has 1 N–H and O–H groups in total. The van der Waals surface area contributed by atoms with Crippen molar-refractivity contribution in [3.05, 3.63) is 24.2 Å². The Morgan fingerprint density at radius 3 is 2.89 bits per heavy atom. The molecule has 1 saturated heterocycles. The van der Waals surface area contributed by atoms with E-state index in [0.29, 0.717) is 0 Å². The van der Waals surface area contributed by atoms with Crippen LogP contribution >= 0.6 is 0 Å². The molecule has 4 heteroatoms. The highest BCUT2D eigenvalue weighted by Crippen LogP contribution is 2.16. The molecule has 0 atom stereocenters. The molecule has 0 spiro atoms. The fourth-order valence-electron chi connectivity index (χ4n) is 2.67. The Balaban J connectivity index is 1.53. The van der Waals surface area contributed by atoms with E-state index in [1.54, 1.807) is 12.5 Å². The van der Waals surface area contributed by atoms with E-state index in [1.807, 2.05) is 6.07 Å². The molecule has 1 aliphatic heterocycles. The van der Waals surface area contributed by atoms with Crippen LogP contribution in [0.2, 0.25) is 0 Å². The molecule has 2 rings (SSSR count). The summed E-state index contributed by atoms with van der Waals surface area (Å²) in [7, 11) is 4.46. The van der Waals surface area contributed by atoms with E-state index in [-0.39, 0.29) is 0 Å². The van der Waals surface area contributed by atoms with Gasteiger partial charge in [0.05, 0.1) is 12.5 Å². The van der Waals surface area contributed by atoms with Gasteiger partial charge in [0, 0.05) is 31.7 Å². The maximum Gasteiger partial charge on any atom is 0.0947 e. The van der Waals surface area contributed by atoms with Crippen LogP contribution in [-0.2, 0) is 6.54 Å². The second kappa shape index (κ2) is 7.68. The largest absolute Gasteiger partial charge is 0.472 e. The highest BCUT2D eigenvalue weighted by Gasteiger charge is 2.17. The summed E-state index contributed by atoms with van der Waals surface area (Å²) >= 11 is 0. The van der Waals surface area contributed by atoms with Crippen molar-refractivity contribution in [2.24, 2.45) is 5.92 Å². The minimum atomic E-state index is 0.884. The van der Waals surface area contributed by atoms with Gasteiger partial charge in [0.2, 0.25) is 0 Å². The van der Waals surface area contributed by atoms with Gasteiger partial charge in [-0.2, -0.15) is 0 Å². The van der Waals surface area contributed by atoms with Crippen LogP contribution in [0.3, 0.4) is 0 Å². The predicted molar refractivity (Wildman–Crippen MR) is 78.1 cm³/mol. The molecule has 4 nitrogen and oxygen atoms in total. The zero-order valence-corrected chi connectivity index (χ0v) is 12.3. The second-order valence-electron chi connectivity index (χ2n) is 5.82. The summed E-state index contributed by atoms with van der Waals surface area (Å²) in [6, 6.07) is 2.01. The lowest BCUT2D eigenvalue weighted by atomic mass is 9.97. The molecule has 1 aromatic rings. The van der Waals surface area contributed by atoms with Crippen molar-refractivity contribution in [1.29, 1.82) is 0 Å². The van der Waals surface area contributed by atoms with Gasteiger partial charge in [-0.25, -0.2) is 0 Å². The molecule has 0 bridgehead atoms. The summed E-state index contributed by atoms with van der Waals surface area (Å²) in [5.41, 5.74) is 1.22. The number of hydrogen-bond donors (Lipinski definition) is 1. The molecule has 0 aromatic carbocycles. The highest BCUT2D eigenvalue weighted by atomic mass is 16.3. The third-order valence-corrected chi connectivity index (χ3v) is 3.99. The zero-order chi connectivity index (χ0) is 13.5. The molecule has 19 heavy (non-hydrogen) atoms. The monoisotopic (exact) mass is 265 g/mol. The second-order valence-corrected chi connectivity index (χ2v) is 5.82.